The van der Waals surface area contributed by atoms with Crippen molar-refractivity contribution in [2.45, 2.75) is 33.2 Å². The number of amides is 1. The molecule has 0 bridgehead atoms. The number of H-pyrrole nitrogens is 1. The van der Waals surface area contributed by atoms with Crippen molar-refractivity contribution in [1.82, 2.24) is 15.2 Å². The summed E-state index contributed by atoms with van der Waals surface area (Å²) in [4.78, 5) is 30.0. The molecule has 0 aromatic carbocycles. The van der Waals surface area contributed by atoms with Crippen LogP contribution in [0.5, 0.6) is 0 Å². The highest BCUT2D eigenvalue weighted by Gasteiger charge is 2.36. The van der Waals surface area contributed by atoms with Crippen LogP contribution >= 0.6 is 11.3 Å². The van der Waals surface area contributed by atoms with Crippen LogP contribution < -0.4 is 5.32 Å². The van der Waals surface area contributed by atoms with Crippen LogP contribution in [0.2, 0.25) is 0 Å². The van der Waals surface area contributed by atoms with E-state index in [0.29, 0.717) is 11.2 Å². The monoisotopic (exact) mass is 349 g/mol. The van der Waals surface area contributed by atoms with E-state index in [1.807, 2.05) is 0 Å². The Morgan fingerprint density at radius 2 is 2.17 bits per heavy atom. The molecule has 0 aliphatic carbocycles. The molecule has 2 aromatic heterocycles. The summed E-state index contributed by atoms with van der Waals surface area (Å²) in [6.45, 7) is 7.99. The number of likely N-dealkylation sites (tertiary alicyclic amines) is 1. The Hall–Kier alpha value is -1.86. The third-order valence-corrected chi connectivity index (χ3v) is 5.88. The molecule has 3 N–H and O–H groups in total. The maximum absolute atomic E-state index is 12.6. The molecular formula is C17H23N3O3S. The van der Waals surface area contributed by atoms with Crippen molar-refractivity contribution >= 4 is 33.4 Å². The molecule has 1 aliphatic rings. The molecule has 1 atom stereocenters. The number of carboxylic acid groups (broad SMARTS) is 1. The summed E-state index contributed by atoms with van der Waals surface area (Å²) < 4.78 is 0.803. The summed E-state index contributed by atoms with van der Waals surface area (Å²) >= 11 is 1.39. The number of carboxylic acids is 1. The fraction of sp³-hybridized carbons (Fsp3) is 0.529. The van der Waals surface area contributed by atoms with Crippen LogP contribution in [0.3, 0.4) is 0 Å². The fourth-order valence-corrected chi connectivity index (χ4v) is 4.66. The maximum Gasteiger partial charge on any atom is 0.338 e. The van der Waals surface area contributed by atoms with Gasteiger partial charge < -0.3 is 20.3 Å². The number of aromatic nitrogens is 1. The zero-order valence-corrected chi connectivity index (χ0v) is 15.2. The summed E-state index contributed by atoms with van der Waals surface area (Å²) in [5, 5.41) is 12.5. The van der Waals surface area contributed by atoms with Gasteiger partial charge in [-0.1, -0.05) is 13.8 Å². The lowest BCUT2D eigenvalue weighted by Gasteiger charge is -2.43. The lowest BCUT2D eigenvalue weighted by atomic mass is 9.79. The number of rotatable bonds is 3. The van der Waals surface area contributed by atoms with Crippen molar-refractivity contribution < 1.29 is 14.7 Å². The minimum Gasteiger partial charge on any atom is -0.478 e. The summed E-state index contributed by atoms with van der Waals surface area (Å²) in [5.74, 6) is -1.14. The van der Waals surface area contributed by atoms with E-state index in [1.54, 1.807) is 13.0 Å². The van der Waals surface area contributed by atoms with E-state index in [4.69, 9.17) is 0 Å². The van der Waals surface area contributed by atoms with Gasteiger partial charge in [-0.3, -0.25) is 4.79 Å². The first-order valence-corrected chi connectivity index (χ1v) is 8.85. The zero-order valence-electron chi connectivity index (χ0n) is 14.4. The van der Waals surface area contributed by atoms with E-state index >= 15 is 0 Å². The molecule has 130 valence electrons. The molecule has 3 rings (SSSR count). The normalized spacial score (nSPS) is 21.1. The number of aromatic carboxylic acids is 1. The second-order valence-electron chi connectivity index (χ2n) is 7.30. The standard InChI is InChI=1S/C17H23N3O3S/c1-9-13(16(22)23)14-11(24-9)7-10(18-14)15(21)19-12-5-6-20(4)8-17(12,2)3/h7,12,18H,5-6,8H2,1-4H3,(H,19,21)(H,22,23). The average molecular weight is 349 g/mol. The first-order chi connectivity index (χ1) is 11.2. The number of hydrogen-bond acceptors (Lipinski definition) is 4. The Morgan fingerprint density at radius 3 is 2.79 bits per heavy atom. The number of thiophene rings is 1. The van der Waals surface area contributed by atoms with Gasteiger partial charge in [0.25, 0.3) is 5.91 Å². The van der Waals surface area contributed by atoms with Crippen molar-refractivity contribution in [3.8, 4) is 0 Å². The van der Waals surface area contributed by atoms with E-state index in [9.17, 15) is 14.7 Å². The van der Waals surface area contributed by atoms with Crippen molar-refractivity contribution in [3.63, 3.8) is 0 Å². The largest absolute Gasteiger partial charge is 0.478 e. The molecule has 0 radical (unpaired) electrons. The highest BCUT2D eigenvalue weighted by Crippen LogP contribution is 2.32. The molecular weight excluding hydrogens is 326 g/mol. The maximum atomic E-state index is 12.6. The number of nitrogens with zero attached hydrogens (tertiary/aromatic N) is 1. The molecule has 0 spiro atoms. The van der Waals surface area contributed by atoms with E-state index in [1.165, 1.54) is 11.3 Å². The molecule has 6 nitrogen and oxygen atoms in total. The van der Waals surface area contributed by atoms with Crippen molar-refractivity contribution in [2.24, 2.45) is 5.41 Å². The van der Waals surface area contributed by atoms with Gasteiger partial charge in [0.05, 0.1) is 15.8 Å². The topological polar surface area (TPSA) is 85.4 Å². The van der Waals surface area contributed by atoms with Gasteiger partial charge >= 0.3 is 5.97 Å². The Balaban J connectivity index is 1.83. The Labute approximate surface area is 144 Å². The SMILES string of the molecule is Cc1sc2cc(C(=O)NC3CCN(C)CC3(C)C)[nH]c2c1C(=O)O. The summed E-state index contributed by atoms with van der Waals surface area (Å²) in [6, 6.07) is 1.85. The lowest BCUT2D eigenvalue weighted by Crippen LogP contribution is -2.54. The molecule has 2 aromatic rings. The van der Waals surface area contributed by atoms with Crippen molar-refractivity contribution in [1.29, 1.82) is 0 Å². The number of piperidine rings is 1. The van der Waals surface area contributed by atoms with Crippen LogP contribution in [-0.4, -0.2) is 53.0 Å². The summed E-state index contributed by atoms with van der Waals surface area (Å²) in [6.07, 6.45) is 0.907. The Bertz CT molecular complexity index is 805. The van der Waals surface area contributed by atoms with Crippen LogP contribution in [0.1, 0.15) is 46.0 Å². The number of aromatic amines is 1. The number of aryl methyl sites for hydroxylation is 1. The van der Waals surface area contributed by atoms with Gasteiger partial charge in [-0.15, -0.1) is 11.3 Å². The molecule has 1 aliphatic heterocycles. The number of hydrogen-bond donors (Lipinski definition) is 3. The van der Waals surface area contributed by atoms with Gasteiger partial charge in [0, 0.05) is 17.5 Å². The first kappa shape index (κ1) is 17.0. The van der Waals surface area contributed by atoms with Gasteiger partial charge in [0.1, 0.15) is 5.69 Å². The predicted octanol–water partition coefficient (Wildman–Crippen LogP) is 2.70. The fourth-order valence-electron chi connectivity index (χ4n) is 3.60. The molecule has 3 heterocycles. The smallest absolute Gasteiger partial charge is 0.338 e. The second kappa shape index (κ2) is 5.89. The highest BCUT2D eigenvalue weighted by molar-refractivity contribution is 7.19. The van der Waals surface area contributed by atoms with Gasteiger partial charge in [-0.05, 0) is 38.4 Å². The van der Waals surface area contributed by atoms with E-state index < -0.39 is 5.97 Å². The van der Waals surface area contributed by atoms with Gasteiger partial charge in [0.2, 0.25) is 0 Å². The molecule has 1 fully saturated rings. The summed E-state index contributed by atoms with van der Waals surface area (Å²) in [7, 11) is 2.09. The first-order valence-electron chi connectivity index (χ1n) is 8.04. The zero-order chi connectivity index (χ0) is 17.6. The summed E-state index contributed by atoms with van der Waals surface area (Å²) in [5.41, 5.74) is 1.22. The molecule has 7 heteroatoms. The number of carbonyl (C=O) groups excluding carboxylic acids is 1. The third-order valence-electron chi connectivity index (χ3n) is 4.83. The second-order valence-corrected chi connectivity index (χ2v) is 8.56. The van der Waals surface area contributed by atoms with Gasteiger partial charge in [-0.2, -0.15) is 0 Å². The molecule has 1 unspecified atom stereocenters. The molecule has 1 amide bonds. The van der Waals surface area contributed by atoms with Crippen LogP contribution in [0.4, 0.5) is 0 Å². The van der Waals surface area contributed by atoms with Crippen LogP contribution in [-0.2, 0) is 0 Å². The van der Waals surface area contributed by atoms with Crippen molar-refractivity contribution in [2.75, 3.05) is 20.1 Å². The number of carbonyl (C=O) groups is 2. The van der Waals surface area contributed by atoms with Gasteiger partial charge in [0.15, 0.2) is 0 Å². The number of nitrogens with one attached hydrogen (secondary N) is 2. The molecule has 24 heavy (non-hydrogen) atoms. The highest BCUT2D eigenvalue weighted by atomic mass is 32.1. The average Bonchev–Trinajstić information content (AvgIpc) is 2.97. The predicted molar refractivity (Wildman–Crippen MR) is 95.0 cm³/mol. The van der Waals surface area contributed by atoms with Gasteiger partial charge in [-0.25, -0.2) is 4.79 Å². The van der Waals surface area contributed by atoms with Crippen LogP contribution in [0, 0.1) is 12.3 Å². The number of fused-ring (bicyclic) bond motifs is 1. The van der Waals surface area contributed by atoms with E-state index in [-0.39, 0.29) is 22.9 Å². The lowest BCUT2D eigenvalue weighted by molar-refractivity contribution is 0.0696. The minimum absolute atomic E-state index is 0.00452. The van der Waals surface area contributed by atoms with E-state index in [0.717, 1.165) is 29.1 Å². The Kier molecular flexibility index (Phi) is 4.17. The third kappa shape index (κ3) is 2.93. The minimum atomic E-state index is -0.969. The van der Waals surface area contributed by atoms with Crippen LogP contribution in [0.25, 0.3) is 10.2 Å². The quantitative estimate of drug-likeness (QED) is 0.795. The van der Waals surface area contributed by atoms with Crippen molar-refractivity contribution in [3.05, 3.63) is 22.2 Å². The van der Waals surface area contributed by atoms with E-state index in [2.05, 4.69) is 36.1 Å². The van der Waals surface area contributed by atoms with Crippen LogP contribution in [0.15, 0.2) is 6.07 Å². The Morgan fingerprint density at radius 1 is 1.46 bits per heavy atom. The molecule has 0 saturated carbocycles. The molecule has 1 saturated heterocycles.